The summed E-state index contributed by atoms with van der Waals surface area (Å²) in [7, 11) is 0. The Morgan fingerprint density at radius 1 is 1.15 bits per heavy atom. The number of hydrogen-bond donors (Lipinski definition) is 2. The van der Waals surface area contributed by atoms with Gasteiger partial charge in [0, 0.05) is 18.3 Å². The van der Waals surface area contributed by atoms with Crippen molar-refractivity contribution in [2.45, 2.75) is 6.42 Å². The highest BCUT2D eigenvalue weighted by atomic mass is 19.1. The lowest BCUT2D eigenvalue weighted by molar-refractivity contribution is 0.475. The predicted molar refractivity (Wildman–Crippen MR) is 72.7 cm³/mol. The summed E-state index contributed by atoms with van der Waals surface area (Å²) in [6.45, 7) is 0. The van der Waals surface area contributed by atoms with E-state index in [0.29, 0.717) is 17.8 Å². The van der Waals surface area contributed by atoms with Crippen molar-refractivity contribution in [2.75, 3.05) is 0 Å². The molecule has 3 rings (SSSR count). The van der Waals surface area contributed by atoms with Crippen LogP contribution in [0.15, 0.2) is 48.7 Å². The molecule has 0 fully saturated rings. The Kier molecular flexibility index (Phi) is 3.16. The Labute approximate surface area is 114 Å². The third-order valence-corrected chi connectivity index (χ3v) is 2.97. The first-order valence-electron chi connectivity index (χ1n) is 6.15. The fraction of sp³-hybridized carbons (Fsp3) is 0.0667. The number of nitrogens with zero attached hydrogens (tertiary/aromatic N) is 2. The molecule has 0 aliphatic heterocycles. The summed E-state index contributed by atoms with van der Waals surface area (Å²) in [6, 6.07) is 11.4. The summed E-state index contributed by atoms with van der Waals surface area (Å²) < 4.78 is 12.8. The molecule has 0 radical (unpaired) electrons. The van der Waals surface area contributed by atoms with Crippen LogP contribution in [0.5, 0.6) is 5.75 Å². The molecule has 5 heteroatoms. The maximum atomic E-state index is 12.8. The molecule has 20 heavy (non-hydrogen) atoms. The second-order valence-electron chi connectivity index (χ2n) is 4.45. The molecule has 2 N–H and O–H groups in total. The molecule has 0 aliphatic carbocycles. The zero-order valence-electron chi connectivity index (χ0n) is 10.5. The second-order valence-corrected chi connectivity index (χ2v) is 4.45. The third kappa shape index (κ3) is 2.51. The van der Waals surface area contributed by atoms with E-state index < -0.39 is 0 Å². The summed E-state index contributed by atoms with van der Waals surface area (Å²) in [5, 5.41) is 16.8. The van der Waals surface area contributed by atoms with E-state index in [-0.39, 0.29) is 11.6 Å². The van der Waals surface area contributed by atoms with E-state index in [1.807, 2.05) is 6.07 Å². The highest BCUT2D eigenvalue weighted by Gasteiger charge is 2.09. The van der Waals surface area contributed by atoms with Gasteiger partial charge < -0.3 is 5.11 Å². The van der Waals surface area contributed by atoms with Crippen molar-refractivity contribution in [2.24, 2.45) is 0 Å². The molecule has 100 valence electrons. The van der Waals surface area contributed by atoms with E-state index in [1.54, 1.807) is 30.5 Å². The second kappa shape index (κ2) is 5.13. The first-order chi connectivity index (χ1) is 9.72. The van der Waals surface area contributed by atoms with Crippen LogP contribution in [0.3, 0.4) is 0 Å². The van der Waals surface area contributed by atoms with Gasteiger partial charge in [-0.3, -0.25) is 10.1 Å². The van der Waals surface area contributed by atoms with Crippen molar-refractivity contribution in [3.05, 3.63) is 65.7 Å². The molecule has 2 aromatic heterocycles. The van der Waals surface area contributed by atoms with Crippen molar-refractivity contribution in [3.8, 4) is 17.1 Å². The van der Waals surface area contributed by atoms with Crippen LogP contribution in [0.25, 0.3) is 11.4 Å². The number of hydrogen-bond acceptors (Lipinski definition) is 3. The third-order valence-electron chi connectivity index (χ3n) is 2.97. The lowest BCUT2D eigenvalue weighted by Crippen LogP contribution is -1.88. The number of aromatic amines is 1. The fourth-order valence-corrected chi connectivity index (χ4v) is 1.99. The van der Waals surface area contributed by atoms with Crippen LogP contribution < -0.4 is 0 Å². The van der Waals surface area contributed by atoms with Crippen molar-refractivity contribution in [1.29, 1.82) is 0 Å². The number of rotatable bonds is 3. The minimum absolute atomic E-state index is 0.0901. The van der Waals surface area contributed by atoms with Gasteiger partial charge in [0.2, 0.25) is 0 Å². The van der Waals surface area contributed by atoms with E-state index in [4.69, 9.17) is 0 Å². The SMILES string of the molecule is Oc1cccnc1-c1cc(Cc2ccc(F)cc2)[nH]n1. The van der Waals surface area contributed by atoms with Crippen LogP contribution in [0, 0.1) is 5.82 Å². The molecule has 0 unspecified atom stereocenters. The fourth-order valence-electron chi connectivity index (χ4n) is 1.99. The van der Waals surface area contributed by atoms with E-state index in [2.05, 4.69) is 15.2 Å². The van der Waals surface area contributed by atoms with Crippen molar-refractivity contribution < 1.29 is 9.50 Å². The van der Waals surface area contributed by atoms with Gasteiger partial charge in [-0.25, -0.2) is 4.39 Å². The zero-order chi connectivity index (χ0) is 13.9. The van der Waals surface area contributed by atoms with Gasteiger partial charge in [-0.05, 0) is 35.9 Å². The van der Waals surface area contributed by atoms with Gasteiger partial charge in [-0.2, -0.15) is 5.10 Å². The predicted octanol–water partition coefficient (Wildman–Crippen LogP) is 2.91. The van der Waals surface area contributed by atoms with Gasteiger partial charge in [0.1, 0.15) is 23.0 Å². The highest BCUT2D eigenvalue weighted by Crippen LogP contribution is 2.25. The quantitative estimate of drug-likeness (QED) is 0.768. The van der Waals surface area contributed by atoms with E-state index in [9.17, 15) is 9.50 Å². The van der Waals surface area contributed by atoms with Crippen LogP contribution in [0.4, 0.5) is 4.39 Å². The average molecular weight is 269 g/mol. The van der Waals surface area contributed by atoms with E-state index in [0.717, 1.165) is 11.3 Å². The normalized spacial score (nSPS) is 10.7. The molecule has 0 aliphatic rings. The number of nitrogens with one attached hydrogen (secondary N) is 1. The van der Waals surface area contributed by atoms with Crippen molar-refractivity contribution in [3.63, 3.8) is 0 Å². The van der Waals surface area contributed by atoms with Crippen LogP contribution in [0.1, 0.15) is 11.3 Å². The number of benzene rings is 1. The Morgan fingerprint density at radius 2 is 1.95 bits per heavy atom. The number of halogens is 1. The van der Waals surface area contributed by atoms with Crippen LogP contribution in [-0.4, -0.2) is 20.3 Å². The van der Waals surface area contributed by atoms with E-state index >= 15 is 0 Å². The molecule has 0 saturated heterocycles. The van der Waals surface area contributed by atoms with Gasteiger partial charge in [-0.1, -0.05) is 12.1 Å². The molecule has 4 nitrogen and oxygen atoms in total. The highest BCUT2D eigenvalue weighted by molar-refractivity contribution is 5.61. The molecule has 0 spiro atoms. The maximum absolute atomic E-state index is 12.8. The van der Waals surface area contributed by atoms with Crippen molar-refractivity contribution in [1.82, 2.24) is 15.2 Å². The summed E-state index contributed by atoms with van der Waals surface area (Å²) >= 11 is 0. The van der Waals surface area contributed by atoms with Gasteiger partial charge in [-0.15, -0.1) is 0 Å². The number of aromatic nitrogens is 3. The van der Waals surface area contributed by atoms with Gasteiger partial charge in [0.15, 0.2) is 0 Å². The molecule has 2 heterocycles. The molecule has 0 amide bonds. The zero-order valence-corrected chi connectivity index (χ0v) is 10.5. The standard InChI is InChI=1S/C15H12FN3O/c16-11-5-3-10(4-6-11)8-12-9-13(19-18-12)15-14(20)2-1-7-17-15/h1-7,9,20H,8H2,(H,18,19). The smallest absolute Gasteiger partial charge is 0.143 e. The van der Waals surface area contributed by atoms with Crippen molar-refractivity contribution >= 4 is 0 Å². The largest absolute Gasteiger partial charge is 0.506 e. The molecule has 0 atom stereocenters. The molecule has 0 saturated carbocycles. The molecular weight excluding hydrogens is 257 g/mol. The number of pyridine rings is 1. The number of aromatic hydroxyl groups is 1. The Hall–Kier alpha value is -2.69. The Morgan fingerprint density at radius 3 is 2.70 bits per heavy atom. The Bertz CT molecular complexity index is 722. The summed E-state index contributed by atoms with van der Waals surface area (Å²) in [4.78, 5) is 4.10. The van der Waals surface area contributed by atoms with Crippen LogP contribution in [0.2, 0.25) is 0 Å². The number of H-pyrrole nitrogens is 1. The lowest BCUT2D eigenvalue weighted by atomic mass is 10.1. The average Bonchev–Trinajstić information content (AvgIpc) is 2.90. The first-order valence-corrected chi connectivity index (χ1v) is 6.15. The molecular formula is C15H12FN3O. The first kappa shape index (κ1) is 12.3. The monoisotopic (exact) mass is 269 g/mol. The van der Waals surface area contributed by atoms with Gasteiger partial charge in [0.25, 0.3) is 0 Å². The molecule has 3 aromatic rings. The summed E-state index contributed by atoms with van der Waals surface area (Å²) in [5.41, 5.74) is 2.87. The molecule has 1 aromatic carbocycles. The topological polar surface area (TPSA) is 61.8 Å². The van der Waals surface area contributed by atoms with E-state index in [1.165, 1.54) is 12.1 Å². The Balaban J connectivity index is 1.84. The summed E-state index contributed by atoms with van der Waals surface area (Å²) in [5.74, 6) is -0.162. The lowest BCUT2D eigenvalue weighted by Gasteiger charge is -1.98. The minimum Gasteiger partial charge on any atom is -0.506 e. The van der Waals surface area contributed by atoms with Crippen LogP contribution in [-0.2, 0) is 6.42 Å². The molecule has 0 bridgehead atoms. The van der Waals surface area contributed by atoms with Crippen LogP contribution >= 0.6 is 0 Å². The van der Waals surface area contributed by atoms with Gasteiger partial charge >= 0.3 is 0 Å². The van der Waals surface area contributed by atoms with Gasteiger partial charge in [0.05, 0.1) is 0 Å². The minimum atomic E-state index is -0.252. The summed E-state index contributed by atoms with van der Waals surface area (Å²) in [6.07, 6.45) is 2.21. The maximum Gasteiger partial charge on any atom is 0.143 e.